The van der Waals surface area contributed by atoms with E-state index in [4.69, 9.17) is 14.9 Å². The Labute approximate surface area is 184 Å². The molecule has 3 aromatic rings. The molecule has 3 N–H and O–H groups in total. The lowest BCUT2D eigenvalue weighted by Crippen LogP contribution is -2.49. The number of carbonyl (C=O) groups is 3. The molecule has 1 unspecified atom stereocenters. The SMILES string of the molecule is NC(=O)c1cccc(Oc2ccc(NC(=O)C3CCCCN3C(=O)c3ccco3)cn2)c1. The summed E-state index contributed by atoms with van der Waals surface area (Å²) in [6.45, 7) is 0.493. The summed E-state index contributed by atoms with van der Waals surface area (Å²) in [4.78, 5) is 42.6. The number of furan rings is 1. The van der Waals surface area contributed by atoms with Crippen molar-refractivity contribution in [3.63, 3.8) is 0 Å². The van der Waals surface area contributed by atoms with Crippen molar-refractivity contribution in [3.05, 3.63) is 72.3 Å². The predicted molar refractivity (Wildman–Crippen MR) is 115 cm³/mol. The minimum absolute atomic E-state index is 0.216. The zero-order chi connectivity index (χ0) is 22.5. The van der Waals surface area contributed by atoms with E-state index in [1.165, 1.54) is 18.5 Å². The highest BCUT2D eigenvalue weighted by atomic mass is 16.5. The second kappa shape index (κ2) is 9.34. The molecule has 1 aromatic carbocycles. The van der Waals surface area contributed by atoms with E-state index in [-0.39, 0.29) is 23.5 Å². The van der Waals surface area contributed by atoms with E-state index in [2.05, 4.69) is 10.3 Å². The van der Waals surface area contributed by atoms with Gasteiger partial charge < -0.3 is 25.1 Å². The number of nitrogens with one attached hydrogen (secondary N) is 1. The number of ether oxygens (including phenoxy) is 1. The van der Waals surface area contributed by atoms with Crippen LogP contribution in [-0.2, 0) is 4.79 Å². The summed E-state index contributed by atoms with van der Waals surface area (Å²) < 4.78 is 10.8. The van der Waals surface area contributed by atoms with Crippen LogP contribution in [0.3, 0.4) is 0 Å². The number of hydrogen-bond acceptors (Lipinski definition) is 6. The summed E-state index contributed by atoms with van der Waals surface area (Å²) in [6, 6.07) is 12.3. The molecule has 1 saturated heterocycles. The Morgan fingerprint density at radius 3 is 2.72 bits per heavy atom. The molecular weight excluding hydrogens is 412 g/mol. The van der Waals surface area contributed by atoms with Gasteiger partial charge in [0.25, 0.3) is 5.91 Å². The highest BCUT2D eigenvalue weighted by Crippen LogP contribution is 2.24. The number of hydrogen-bond donors (Lipinski definition) is 2. The van der Waals surface area contributed by atoms with E-state index in [1.54, 1.807) is 47.4 Å². The maximum Gasteiger partial charge on any atom is 0.290 e. The number of amides is 3. The lowest BCUT2D eigenvalue weighted by atomic mass is 10.0. The van der Waals surface area contributed by atoms with Gasteiger partial charge in [0.1, 0.15) is 11.8 Å². The third-order valence-electron chi connectivity index (χ3n) is 5.14. The number of primary amides is 1. The first-order valence-electron chi connectivity index (χ1n) is 10.2. The molecule has 4 rings (SSSR count). The van der Waals surface area contributed by atoms with Gasteiger partial charge in [0.2, 0.25) is 17.7 Å². The second-order valence-electron chi connectivity index (χ2n) is 7.36. The molecule has 1 fully saturated rings. The van der Waals surface area contributed by atoms with Gasteiger partial charge in [-0.2, -0.15) is 0 Å². The Morgan fingerprint density at radius 1 is 1.12 bits per heavy atom. The fourth-order valence-electron chi connectivity index (χ4n) is 3.56. The third-order valence-corrected chi connectivity index (χ3v) is 5.14. The third kappa shape index (κ3) is 4.77. The lowest BCUT2D eigenvalue weighted by molar-refractivity contribution is -0.121. The fraction of sp³-hybridized carbons (Fsp3) is 0.217. The van der Waals surface area contributed by atoms with Crippen molar-refractivity contribution >= 4 is 23.4 Å². The van der Waals surface area contributed by atoms with E-state index in [9.17, 15) is 14.4 Å². The van der Waals surface area contributed by atoms with Crippen molar-refractivity contribution in [3.8, 4) is 11.6 Å². The van der Waals surface area contributed by atoms with Gasteiger partial charge in [-0.15, -0.1) is 0 Å². The first kappa shape index (κ1) is 21.1. The Hall–Kier alpha value is -4.14. The van der Waals surface area contributed by atoms with Crippen molar-refractivity contribution in [2.75, 3.05) is 11.9 Å². The molecule has 0 spiro atoms. The molecule has 1 aliphatic rings. The van der Waals surface area contributed by atoms with Crippen LogP contribution < -0.4 is 15.8 Å². The van der Waals surface area contributed by atoms with Crippen molar-refractivity contribution in [2.45, 2.75) is 25.3 Å². The quantitative estimate of drug-likeness (QED) is 0.613. The second-order valence-corrected chi connectivity index (χ2v) is 7.36. The van der Waals surface area contributed by atoms with Gasteiger partial charge in [0.15, 0.2) is 5.76 Å². The first-order valence-corrected chi connectivity index (χ1v) is 10.2. The van der Waals surface area contributed by atoms with Gasteiger partial charge in [-0.1, -0.05) is 6.07 Å². The topological polar surface area (TPSA) is 128 Å². The standard InChI is InChI=1S/C23H22N4O5/c24-21(28)15-5-3-6-17(13-15)32-20-10-9-16(14-25-20)26-22(29)18-7-1-2-11-27(18)23(30)19-8-4-12-31-19/h3-6,8-10,12-14,18H,1-2,7,11H2,(H2,24,28)(H,26,29). The molecule has 0 saturated carbocycles. The van der Waals surface area contributed by atoms with Crippen molar-refractivity contribution < 1.29 is 23.5 Å². The van der Waals surface area contributed by atoms with Gasteiger partial charge in [0, 0.05) is 18.2 Å². The van der Waals surface area contributed by atoms with Crippen LogP contribution in [0, 0.1) is 0 Å². The Balaban J connectivity index is 1.41. The van der Waals surface area contributed by atoms with Gasteiger partial charge in [-0.25, -0.2) is 4.98 Å². The lowest BCUT2D eigenvalue weighted by Gasteiger charge is -2.34. The van der Waals surface area contributed by atoms with Gasteiger partial charge in [-0.3, -0.25) is 14.4 Å². The average molecular weight is 434 g/mol. The zero-order valence-corrected chi connectivity index (χ0v) is 17.2. The number of rotatable bonds is 6. The average Bonchev–Trinajstić information content (AvgIpc) is 3.35. The van der Waals surface area contributed by atoms with Crippen LogP contribution in [0.2, 0.25) is 0 Å². The van der Waals surface area contributed by atoms with E-state index < -0.39 is 11.9 Å². The van der Waals surface area contributed by atoms with Crippen LogP contribution in [0.15, 0.2) is 65.4 Å². The van der Waals surface area contributed by atoms with Crippen LogP contribution in [0.4, 0.5) is 5.69 Å². The molecule has 0 aliphatic carbocycles. The molecule has 3 amide bonds. The molecule has 2 aromatic heterocycles. The van der Waals surface area contributed by atoms with Crippen LogP contribution >= 0.6 is 0 Å². The highest BCUT2D eigenvalue weighted by Gasteiger charge is 2.33. The van der Waals surface area contributed by atoms with Crippen LogP contribution in [-0.4, -0.2) is 40.2 Å². The molecule has 9 heteroatoms. The molecular formula is C23H22N4O5. The molecule has 3 heterocycles. The van der Waals surface area contributed by atoms with Gasteiger partial charge in [0.05, 0.1) is 18.1 Å². The molecule has 1 atom stereocenters. The Kier molecular flexibility index (Phi) is 6.16. The molecule has 164 valence electrons. The van der Waals surface area contributed by atoms with Gasteiger partial charge >= 0.3 is 0 Å². The largest absolute Gasteiger partial charge is 0.459 e. The van der Waals surface area contributed by atoms with Crippen molar-refractivity contribution in [1.29, 1.82) is 0 Å². The van der Waals surface area contributed by atoms with Crippen LogP contribution in [0.1, 0.15) is 40.2 Å². The molecule has 0 radical (unpaired) electrons. The zero-order valence-electron chi connectivity index (χ0n) is 17.2. The summed E-state index contributed by atoms with van der Waals surface area (Å²) in [5, 5.41) is 2.81. The molecule has 0 bridgehead atoms. The Morgan fingerprint density at radius 2 is 2.00 bits per heavy atom. The smallest absolute Gasteiger partial charge is 0.290 e. The number of nitrogens with two attached hydrogens (primary N) is 1. The van der Waals surface area contributed by atoms with E-state index in [0.29, 0.717) is 30.0 Å². The van der Waals surface area contributed by atoms with Crippen LogP contribution in [0.25, 0.3) is 0 Å². The molecule has 1 aliphatic heterocycles. The Bertz CT molecular complexity index is 1110. The normalized spacial score (nSPS) is 15.8. The number of piperidine rings is 1. The predicted octanol–water partition coefficient (Wildman–Crippen LogP) is 3.20. The van der Waals surface area contributed by atoms with Crippen LogP contribution in [0.5, 0.6) is 11.6 Å². The van der Waals surface area contributed by atoms with Crippen molar-refractivity contribution in [1.82, 2.24) is 9.88 Å². The number of carbonyl (C=O) groups excluding carboxylic acids is 3. The number of likely N-dealkylation sites (tertiary alicyclic amines) is 1. The summed E-state index contributed by atoms with van der Waals surface area (Å²) in [7, 11) is 0. The molecule has 9 nitrogen and oxygen atoms in total. The number of anilines is 1. The minimum atomic E-state index is -0.589. The van der Waals surface area contributed by atoms with E-state index >= 15 is 0 Å². The number of benzene rings is 1. The summed E-state index contributed by atoms with van der Waals surface area (Å²) in [6.07, 6.45) is 5.16. The fourth-order valence-corrected chi connectivity index (χ4v) is 3.56. The minimum Gasteiger partial charge on any atom is -0.459 e. The number of nitrogens with zero attached hydrogens (tertiary/aromatic N) is 2. The van der Waals surface area contributed by atoms with E-state index in [0.717, 1.165) is 12.8 Å². The van der Waals surface area contributed by atoms with Crippen molar-refractivity contribution in [2.24, 2.45) is 5.73 Å². The molecule has 32 heavy (non-hydrogen) atoms. The van der Waals surface area contributed by atoms with E-state index in [1.807, 2.05) is 0 Å². The summed E-state index contributed by atoms with van der Waals surface area (Å²) >= 11 is 0. The number of aromatic nitrogens is 1. The van der Waals surface area contributed by atoms with Gasteiger partial charge in [-0.05, 0) is 55.7 Å². The summed E-state index contributed by atoms with van der Waals surface area (Å²) in [5.41, 5.74) is 6.08. The summed E-state index contributed by atoms with van der Waals surface area (Å²) in [5.74, 6) is -0.210. The number of pyridine rings is 1. The highest BCUT2D eigenvalue weighted by molar-refractivity contribution is 6.00. The maximum absolute atomic E-state index is 12.9. The maximum atomic E-state index is 12.9. The monoisotopic (exact) mass is 434 g/mol. The first-order chi connectivity index (χ1) is 15.5.